The first-order valence-electron chi connectivity index (χ1n) is 5.92. The molecule has 0 amide bonds. The highest BCUT2D eigenvalue weighted by Crippen LogP contribution is 2.31. The highest BCUT2D eigenvalue weighted by molar-refractivity contribution is 6.30. The molecule has 1 aliphatic rings. The van der Waals surface area contributed by atoms with Gasteiger partial charge in [-0.3, -0.25) is 0 Å². The van der Waals surface area contributed by atoms with E-state index in [0.717, 1.165) is 31.0 Å². The normalized spacial score (nSPS) is 18.9. The van der Waals surface area contributed by atoms with Crippen LogP contribution in [0.2, 0.25) is 5.15 Å². The lowest BCUT2D eigenvalue weighted by Crippen LogP contribution is -2.32. The maximum atomic E-state index is 6.17. The number of nitrogens with zero attached hydrogens (tertiary/aromatic N) is 3. The van der Waals surface area contributed by atoms with Gasteiger partial charge in [0, 0.05) is 11.8 Å². The number of halogens is 1. The van der Waals surface area contributed by atoms with Crippen molar-refractivity contribution in [2.24, 2.45) is 0 Å². The van der Waals surface area contributed by atoms with Crippen molar-refractivity contribution < 1.29 is 0 Å². The minimum atomic E-state index is 0.538. The fourth-order valence-electron chi connectivity index (χ4n) is 2.29. The number of aryl methyl sites for hydroxylation is 1. The van der Waals surface area contributed by atoms with Crippen LogP contribution in [-0.2, 0) is 0 Å². The van der Waals surface area contributed by atoms with E-state index in [0.29, 0.717) is 11.1 Å². The molecular weight excluding hydrogens is 222 g/mol. The molecule has 4 heteroatoms. The average Bonchev–Trinajstić information content (AvgIpc) is 2.29. The second-order valence-corrected chi connectivity index (χ2v) is 4.73. The van der Waals surface area contributed by atoms with Crippen molar-refractivity contribution in [1.82, 2.24) is 14.9 Å². The van der Waals surface area contributed by atoms with Gasteiger partial charge < -0.3 is 4.90 Å². The highest BCUT2D eigenvalue weighted by atomic mass is 35.5. The number of rotatable bonds is 2. The molecule has 2 rings (SSSR count). The van der Waals surface area contributed by atoms with Gasteiger partial charge in [0.05, 0.1) is 0 Å². The van der Waals surface area contributed by atoms with E-state index >= 15 is 0 Å². The van der Waals surface area contributed by atoms with Crippen LogP contribution in [0, 0.1) is 6.92 Å². The molecule has 1 aliphatic heterocycles. The molecule has 2 heterocycles. The third-order valence-electron chi connectivity index (χ3n) is 3.36. The summed E-state index contributed by atoms with van der Waals surface area (Å²) in [7, 11) is 0. The van der Waals surface area contributed by atoms with Crippen LogP contribution in [0.25, 0.3) is 0 Å². The van der Waals surface area contributed by atoms with E-state index in [1.807, 2.05) is 13.1 Å². The lowest BCUT2D eigenvalue weighted by Gasteiger charge is -2.31. The monoisotopic (exact) mass is 239 g/mol. The summed E-state index contributed by atoms with van der Waals surface area (Å²) < 4.78 is 0. The lowest BCUT2D eigenvalue weighted by molar-refractivity contribution is 0.222. The van der Waals surface area contributed by atoms with Crippen molar-refractivity contribution in [2.45, 2.75) is 32.6 Å². The number of aromatic nitrogens is 2. The van der Waals surface area contributed by atoms with E-state index in [1.54, 1.807) is 0 Å². The van der Waals surface area contributed by atoms with Gasteiger partial charge >= 0.3 is 0 Å². The molecule has 16 heavy (non-hydrogen) atoms. The van der Waals surface area contributed by atoms with Crippen LogP contribution in [0.4, 0.5) is 0 Å². The molecular formula is C12H18ClN3. The molecule has 0 aromatic carbocycles. The highest BCUT2D eigenvalue weighted by Gasteiger charge is 2.22. The smallest absolute Gasteiger partial charge is 0.136 e. The molecule has 0 saturated carbocycles. The Balaban J connectivity index is 2.08. The van der Waals surface area contributed by atoms with Crippen LogP contribution in [0.5, 0.6) is 0 Å². The first-order chi connectivity index (χ1) is 7.70. The molecule has 0 N–H and O–H groups in total. The maximum Gasteiger partial charge on any atom is 0.136 e. The average molecular weight is 240 g/mol. The molecule has 0 atom stereocenters. The van der Waals surface area contributed by atoms with Gasteiger partial charge in [-0.2, -0.15) is 0 Å². The van der Waals surface area contributed by atoms with Crippen LogP contribution in [-0.4, -0.2) is 34.5 Å². The Morgan fingerprint density at radius 1 is 1.44 bits per heavy atom. The van der Waals surface area contributed by atoms with Crippen LogP contribution in [0.15, 0.2) is 6.20 Å². The number of piperidine rings is 1. The topological polar surface area (TPSA) is 29.0 Å². The Bertz CT molecular complexity index is 359. The van der Waals surface area contributed by atoms with E-state index in [1.165, 1.54) is 12.8 Å². The van der Waals surface area contributed by atoms with Crippen molar-refractivity contribution in [3.63, 3.8) is 0 Å². The second-order valence-electron chi connectivity index (χ2n) is 4.37. The van der Waals surface area contributed by atoms with E-state index in [9.17, 15) is 0 Å². The maximum absolute atomic E-state index is 6.17. The lowest BCUT2D eigenvalue weighted by atomic mass is 9.91. The van der Waals surface area contributed by atoms with Crippen molar-refractivity contribution in [3.8, 4) is 0 Å². The summed E-state index contributed by atoms with van der Waals surface area (Å²) in [6.07, 6.45) is 4.23. The first kappa shape index (κ1) is 11.8. The zero-order valence-corrected chi connectivity index (χ0v) is 10.7. The van der Waals surface area contributed by atoms with Crippen LogP contribution in [0.1, 0.15) is 37.1 Å². The van der Waals surface area contributed by atoms with E-state index in [2.05, 4.69) is 21.8 Å². The second kappa shape index (κ2) is 5.11. The zero-order valence-electron chi connectivity index (χ0n) is 9.91. The van der Waals surface area contributed by atoms with E-state index in [-0.39, 0.29) is 0 Å². The summed E-state index contributed by atoms with van der Waals surface area (Å²) in [6.45, 7) is 7.54. The Labute approximate surface area is 102 Å². The fourth-order valence-corrected chi connectivity index (χ4v) is 2.61. The summed E-state index contributed by atoms with van der Waals surface area (Å²) in [6, 6.07) is 0. The molecule has 0 spiro atoms. The van der Waals surface area contributed by atoms with E-state index < -0.39 is 0 Å². The minimum absolute atomic E-state index is 0.538. The molecule has 0 radical (unpaired) electrons. The molecule has 1 saturated heterocycles. The summed E-state index contributed by atoms with van der Waals surface area (Å²) in [5.74, 6) is 1.29. The molecule has 1 aromatic heterocycles. The Morgan fingerprint density at radius 3 is 2.69 bits per heavy atom. The van der Waals surface area contributed by atoms with Crippen molar-refractivity contribution >= 4 is 11.6 Å². The van der Waals surface area contributed by atoms with Gasteiger partial charge in [0.2, 0.25) is 0 Å². The third-order valence-corrected chi connectivity index (χ3v) is 3.67. The first-order valence-corrected chi connectivity index (χ1v) is 6.30. The molecule has 1 aromatic rings. The minimum Gasteiger partial charge on any atom is -0.304 e. The van der Waals surface area contributed by atoms with Gasteiger partial charge in [-0.1, -0.05) is 18.5 Å². The quantitative estimate of drug-likeness (QED) is 0.743. The summed E-state index contributed by atoms with van der Waals surface area (Å²) in [5.41, 5.74) is 1.13. The number of hydrogen-bond acceptors (Lipinski definition) is 3. The summed E-state index contributed by atoms with van der Waals surface area (Å²) in [5, 5.41) is 0.641. The Hall–Kier alpha value is -0.670. The van der Waals surface area contributed by atoms with E-state index in [4.69, 9.17) is 11.6 Å². The zero-order chi connectivity index (χ0) is 11.5. The molecule has 88 valence electrons. The summed E-state index contributed by atoms with van der Waals surface area (Å²) >= 11 is 6.17. The third kappa shape index (κ3) is 2.53. The molecule has 0 unspecified atom stereocenters. The molecule has 1 fully saturated rings. The predicted molar refractivity (Wildman–Crippen MR) is 65.9 cm³/mol. The van der Waals surface area contributed by atoms with Gasteiger partial charge in [-0.25, -0.2) is 9.97 Å². The van der Waals surface area contributed by atoms with Crippen LogP contribution in [0.3, 0.4) is 0 Å². The van der Waals surface area contributed by atoms with Crippen molar-refractivity contribution in [2.75, 3.05) is 19.6 Å². The van der Waals surface area contributed by atoms with Gasteiger partial charge in [0.25, 0.3) is 0 Å². The van der Waals surface area contributed by atoms with Crippen LogP contribution >= 0.6 is 11.6 Å². The Kier molecular flexibility index (Phi) is 3.77. The molecule has 0 bridgehead atoms. The van der Waals surface area contributed by atoms with Gasteiger partial charge in [0.15, 0.2) is 0 Å². The van der Waals surface area contributed by atoms with Crippen molar-refractivity contribution in [1.29, 1.82) is 0 Å². The number of hydrogen-bond donors (Lipinski definition) is 0. The summed E-state index contributed by atoms with van der Waals surface area (Å²) in [4.78, 5) is 10.9. The van der Waals surface area contributed by atoms with Gasteiger partial charge in [-0.15, -0.1) is 0 Å². The molecule has 0 aliphatic carbocycles. The van der Waals surface area contributed by atoms with Gasteiger partial charge in [-0.05, 0) is 45.3 Å². The van der Waals surface area contributed by atoms with Crippen LogP contribution < -0.4 is 0 Å². The predicted octanol–water partition coefficient (Wildman–Crippen LogP) is 2.64. The Morgan fingerprint density at radius 2 is 2.12 bits per heavy atom. The fraction of sp³-hybridized carbons (Fsp3) is 0.667. The SMILES string of the molecule is CCN1CCC(c2cnc(C)nc2Cl)CC1. The van der Waals surface area contributed by atoms with Gasteiger partial charge in [0.1, 0.15) is 11.0 Å². The molecule has 3 nitrogen and oxygen atoms in total. The standard InChI is InChI=1S/C12H18ClN3/c1-3-16-6-4-10(5-7-16)11-8-14-9(2)15-12(11)13/h8,10H,3-7H2,1-2H3. The number of likely N-dealkylation sites (tertiary alicyclic amines) is 1. The van der Waals surface area contributed by atoms with Crippen molar-refractivity contribution in [3.05, 3.63) is 22.7 Å². The largest absolute Gasteiger partial charge is 0.304 e.